The molecule has 0 aromatic carbocycles. The predicted octanol–water partition coefficient (Wildman–Crippen LogP) is 2.72. The highest BCUT2D eigenvalue weighted by Crippen LogP contribution is 2.27. The van der Waals surface area contributed by atoms with E-state index in [0.29, 0.717) is 12.3 Å². The first-order chi connectivity index (χ1) is 9.29. The van der Waals surface area contributed by atoms with Crippen LogP contribution in [-0.4, -0.2) is 36.5 Å². The number of allylic oxidation sites excluding steroid dienone is 1. The fraction of sp³-hybridized carbons (Fsp3) is 0.812. The predicted molar refractivity (Wildman–Crippen MR) is 79.0 cm³/mol. The molecule has 19 heavy (non-hydrogen) atoms. The third-order valence-corrected chi connectivity index (χ3v) is 4.57. The average molecular weight is 264 g/mol. The molecule has 1 amide bonds. The van der Waals surface area contributed by atoms with Gasteiger partial charge in [0.15, 0.2) is 0 Å². The first kappa shape index (κ1) is 14.6. The van der Waals surface area contributed by atoms with Crippen LogP contribution in [0.5, 0.6) is 0 Å². The third-order valence-electron chi connectivity index (χ3n) is 4.57. The van der Waals surface area contributed by atoms with E-state index in [9.17, 15) is 4.79 Å². The van der Waals surface area contributed by atoms with E-state index >= 15 is 0 Å². The Kier molecular flexibility index (Phi) is 5.90. The van der Waals surface area contributed by atoms with Crippen molar-refractivity contribution in [2.45, 2.75) is 57.4 Å². The van der Waals surface area contributed by atoms with Gasteiger partial charge in [0.2, 0.25) is 5.91 Å². The zero-order valence-corrected chi connectivity index (χ0v) is 12.1. The number of amides is 1. The minimum absolute atomic E-state index is 0.177. The maximum Gasteiger partial charge on any atom is 0.220 e. The molecule has 2 fully saturated rings. The van der Waals surface area contributed by atoms with Crippen LogP contribution >= 0.6 is 0 Å². The first-order valence-electron chi connectivity index (χ1n) is 7.91. The van der Waals surface area contributed by atoms with E-state index in [-0.39, 0.29) is 5.91 Å². The summed E-state index contributed by atoms with van der Waals surface area (Å²) in [5.41, 5.74) is 0. The van der Waals surface area contributed by atoms with E-state index < -0.39 is 0 Å². The highest BCUT2D eigenvalue weighted by atomic mass is 16.1. The molecule has 1 heterocycles. The van der Waals surface area contributed by atoms with Crippen molar-refractivity contribution in [3.8, 4) is 0 Å². The molecule has 0 bridgehead atoms. The van der Waals surface area contributed by atoms with Crippen molar-refractivity contribution < 1.29 is 4.79 Å². The van der Waals surface area contributed by atoms with Crippen LogP contribution in [0, 0.1) is 5.92 Å². The summed E-state index contributed by atoms with van der Waals surface area (Å²) in [7, 11) is 0. The normalized spacial score (nSPS) is 25.4. The van der Waals surface area contributed by atoms with Crippen molar-refractivity contribution in [3.63, 3.8) is 0 Å². The summed E-state index contributed by atoms with van der Waals surface area (Å²) in [5.74, 6) is 0.839. The summed E-state index contributed by atoms with van der Waals surface area (Å²) in [6.07, 6.45) is 11.4. The molecule has 0 unspecified atom stereocenters. The Morgan fingerprint density at radius 1 is 1.26 bits per heavy atom. The third kappa shape index (κ3) is 4.64. The zero-order valence-electron chi connectivity index (χ0n) is 12.1. The summed E-state index contributed by atoms with van der Waals surface area (Å²) in [6.45, 7) is 6.93. The van der Waals surface area contributed by atoms with Gasteiger partial charge in [-0.3, -0.25) is 4.79 Å². The number of carbonyl (C=O) groups excluding carboxylic acids is 1. The molecule has 3 heteroatoms. The van der Waals surface area contributed by atoms with Gasteiger partial charge in [-0.25, -0.2) is 0 Å². The zero-order chi connectivity index (χ0) is 13.5. The second-order valence-electron chi connectivity index (χ2n) is 6.07. The van der Waals surface area contributed by atoms with Crippen LogP contribution in [0.25, 0.3) is 0 Å². The molecule has 1 atom stereocenters. The minimum Gasteiger partial charge on any atom is -0.356 e. The van der Waals surface area contributed by atoms with Gasteiger partial charge < -0.3 is 10.2 Å². The monoisotopic (exact) mass is 264 g/mol. The molecule has 2 aliphatic rings. The largest absolute Gasteiger partial charge is 0.356 e. The fourth-order valence-corrected chi connectivity index (χ4v) is 3.39. The highest BCUT2D eigenvalue weighted by Gasteiger charge is 2.28. The number of hydrogen-bond donors (Lipinski definition) is 1. The van der Waals surface area contributed by atoms with Crippen LogP contribution in [0.15, 0.2) is 12.7 Å². The van der Waals surface area contributed by atoms with Gasteiger partial charge >= 0.3 is 0 Å². The van der Waals surface area contributed by atoms with E-state index in [0.717, 1.165) is 19.0 Å². The number of carbonyl (C=O) groups is 1. The summed E-state index contributed by atoms with van der Waals surface area (Å²) < 4.78 is 0. The van der Waals surface area contributed by atoms with Crippen molar-refractivity contribution in [3.05, 3.63) is 12.7 Å². The average Bonchev–Trinajstić information content (AvgIpc) is 2.93. The van der Waals surface area contributed by atoms with Crippen LogP contribution in [0.2, 0.25) is 0 Å². The molecule has 108 valence electrons. The van der Waals surface area contributed by atoms with E-state index in [1.54, 1.807) is 6.08 Å². The van der Waals surface area contributed by atoms with Crippen molar-refractivity contribution >= 4 is 5.91 Å². The van der Waals surface area contributed by atoms with Crippen LogP contribution in [0.3, 0.4) is 0 Å². The molecule has 0 aromatic heterocycles. The van der Waals surface area contributed by atoms with Crippen molar-refractivity contribution in [1.29, 1.82) is 0 Å². The number of rotatable bonds is 6. The second-order valence-corrected chi connectivity index (χ2v) is 6.07. The SMILES string of the molecule is C=CCCC(=O)NC[C@@H]1CCN(C2CCCCC2)C1. The van der Waals surface area contributed by atoms with Gasteiger partial charge in [-0.15, -0.1) is 6.58 Å². The van der Waals surface area contributed by atoms with E-state index in [1.165, 1.54) is 51.6 Å². The summed E-state index contributed by atoms with van der Waals surface area (Å²) in [4.78, 5) is 14.2. The molecule has 1 aliphatic heterocycles. The van der Waals surface area contributed by atoms with Crippen LogP contribution in [0.1, 0.15) is 51.4 Å². The molecule has 1 N–H and O–H groups in total. The summed E-state index contributed by atoms with van der Waals surface area (Å²) >= 11 is 0. The molecule has 0 aromatic rings. The summed E-state index contributed by atoms with van der Waals surface area (Å²) in [6, 6.07) is 0.829. The topological polar surface area (TPSA) is 32.3 Å². The quantitative estimate of drug-likeness (QED) is 0.748. The molecule has 0 radical (unpaired) electrons. The summed E-state index contributed by atoms with van der Waals surface area (Å²) in [5, 5.41) is 3.07. The van der Waals surface area contributed by atoms with Gasteiger partial charge in [0.1, 0.15) is 0 Å². The van der Waals surface area contributed by atoms with Gasteiger partial charge in [-0.1, -0.05) is 25.3 Å². The van der Waals surface area contributed by atoms with Gasteiger partial charge in [-0.2, -0.15) is 0 Å². The number of nitrogens with zero attached hydrogens (tertiary/aromatic N) is 1. The Hall–Kier alpha value is -0.830. The van der Waals surface area contributed by atoms with E-state index in [1.807, 2.05) is 0 Å². The molecule has 0 spiro atoms. The smallest absolute Gasteiger partial charge is 0.220 e. The number of likely N-dealkylation sites (tertiary alicyclic amines) is 1. The maximum atomic E-state index is 11.6. The van der Waals surface area contributed by atoms with Crippen molar-refractivity contribution in [2.24, 2.45) is 5.92 Å². The molecular formula is C16H28N2O. The molecule has 3 nitrogen and oxygen atoms in total. The minimum atomic E-state index is 0.177. The number of nitrogens with one attached hydrogen (secondary N) is 1. The lowest BCUT2D eigenvalue weighted by Crippen LogP contribution is -2.36. The Labute approximate surface area is 117 Å². The van der Waals surface area contributed by atoms with Gasteiger partial charge in [-0.05, 0) is 38.1 Å². The maximum absolute atomic E-state index is 11.6. The molecule has 1 saturated heterocycles. The highest BCUT2D eigenvalue weighted by molar-refractivity contribution is 5.75. The molecule has 2 rings (SSSR count). The van der Waals surface area contributed by atoms with Gasteiger partial charge in [0.25, 0.3) is 0 Å². The van der Waals surface area contributed by atoms with E-state index in [4.69, 9.17) is 0 Å². The Morgan fingerprint density at radius 2 is 2.05 bits per heavy atom. The van der Waals surface area contributed by atoms with Crippen molar-refractivity contribution in [1.82, 2.24) is 10.2 Å². The lowest BCUT2D eigenvalue weighted by molar-refractivity contribution is -0.121. The second kappa shape index (κ2) is 7.68. The fourth-order valence-electron chi connectivity index (χ4n) is 3.39. The Bertz CT molecular complexity index is 297. The molecular weight excluding hydrogens is 236 g/mol. The van der Waals surface area contributed by atoms with Crippen LogP contribution in [0.4, 0.5) is 0 Å². The van der Waals surface area contributed by atoms with E-state index in [2.05, 4.69) is 16.8 Å². The van der Waals surface area contributed by atoms with Crippen LogP contribution in [-0.2, 0) is 4.79 Å². The lowest BCUT2D eigenvalue weighted by Gasteiger charge is -2.31. The standard InChI is InChI=1S/C16H28N2O/c1-2-3-9-16(19)17-12-14-10-11-18(13-14)15-7-5-4-6-8-15/h2,14-15H,1,3-13H2,(H,17,19)/t14-/m0/s1. The first-order valence-corrected chi connectivity index (χ1v) is 7.91. The van der Waals surface area contributed by atoms with Crippen molar-refractivity contribution in [2.75, 3.05) is 19.6 Å². The van der Waals surface area contributed by atoms with Gasteiger partial charge in [0, 0.05) is 25.6 Å². The molecule has 1 saturated carbocycles. The number of hydrogen-bond acceptors (Lipinski definition) is 2. The molecule has 1 aliphatic carbocycles. The Morgan fingerprint density at radius 3 is 2.79 bits per heavy atom. The van der Waals surface area contributed by atoms with Gasteiger partial charge in [0.05, 0.1) is 0 Å². The lowest BCUT2D eigenvalue weighted by atomic mass is 9.94. The van der Waals surface area contributed by atoms with Crippen LogP contribution < -0.4 is 5.32 Å². The Balaban J connectivity index is 1.64.